The summed E-state index contributed by atoms with van der Waals surface area (Å²) in [7, 11) is -0.562. The lowest BCUT2D eigenvalue weighted by molar-refractivity contribution is -0.00000417. The van der Waals surface area contributed by atoms with Gasteiger partial charge in [0.25, 0.3) is 0 Å². The van der Waals surface area contributed by atoms with Gasteiger partial charge in [-0.15, -0.1) is 0 Å². The van der Waals surface area contributed by atoms with Crippen LogP contribution in [0.3, 0.4) is 0 Å². The van der Waals surface area contributed by atoms with Gasteiger partial charge in [0.05, 0.1) is 24.6 Å². The van der Waals surface area contributed by atoms with E-state index in [-0.39, 0.29) is 26.9 Å². The molecular formula is C16H39BrP2. The predicted molar refractivity (Wildman–Crippen MR) is 97.1 cm³/mol. The van der Waals surface area contributed by atoms with Crippen molar-refractivity contribution in [2.75, 3.05) is 24.6 Å². The minimum Gasteiger partial charge on any atom is -1.00 e. The standard InChI is InChI=1S/C16H36P.BrH.H3P/c1-5-9-13-17(14-10-6-2,15-11-7-3)16-12-8-4;;/h5-16H2,1-4H3;1H;1H3/q+1;;/p-1. The zero-order chi connectivity index (χ0) is 13.0. The van der Waals surface area contributed by atoms with Gasteiger partial charge in [-0.05, 0) is 25.7 Å². The van der Waals surface area contributed by atoms with Crippen LogP contribution in [-0.2, 0) is 0 Å². The molecule has 0 aliphatic carbocycles. The van der Waals surface area contributed by atoms with Gasteiger partial charge in [0.2, 0.25) is 0 Å². The molecular weight excluding hydrogens is 334 g/mol. The van der Waals surface area contributed by atoms with Crippen LogP contribution in [0.25, 0.3) is 0 Å². The van der Waals surface area contributed by atoms with E-state index in [0.29, 0.717) is 0 Å². The van der Waals surface area contributed by atoms with Crippen LogP contribution in [0.4, 0.5) is 0 Å². The smallest absolute Gasteiger partial charge is 0.0594 e. The maximum Gasteiger partial charge on any atom is 0.0594 e. The zero-order valence-electron chi connectivity index (χ0n) is 14.0. The Kier molecular flexibility index (Phi) is 23.2. The highest BCUT2D eigenvalue weighted by Crippen LogP contribution is 2.61. The summed E-state index contributed by atoms with van der Waals surface area (Å²) in [6, 6.07) is 0. The number of halogens is 1. The summed E-state index contributed by atoms with van der Waals surface area (Å²) in [5, 5.41) is 0. The predicted octanol–water partition coefficient (Wildman–Crippen LogP) is 3.27. The molecule has 0 aromatic heterocycles. The van der Waals surface area contributed by atoms with Crippen LogP contribution in [-0.4, -0.2) is 24.6 Å². The Hall–Kier alpha value is 1.34. The zero-order valence-corrected chi connectivity index (χ0v) is 17.9. The summed E-state index contributed by atoms with van der Waals surface area (Å²) in [5.74, 6) is 0. The number of hydrogen-bond acceptors (Lipinski definition) is 0. The highest BCUT2D eigenvalue weighted by molar-refractivity contribution is 7.75. The molecule has 0 heterocycles. The van der Waals surface area contributed by atoms with Crippen LogP contribution in [0.2, 0.25) is 0 Å². The molecule has 0 saturated carbocycles. The van der Waals surface area contributed by atoms with Crippen molar-refractivity contribution in [2.24, 2.45) is 0 Å². The Morgan fingerprint density at radius 1 is 0.526 bits per heavy atom. The normalized spacial score (nSPS) is 10.7. The molecule has 0 spiro atoms. The fraction of sp³-hybridized carbons (Fsp3) is 1.00. The van der Waals surface area contributed by atoms with E-state index in [2.05, 4.69) is 27.7 Å². The summed E-state index contributed by atoms with van der Waals surface area (Å²) < 4.78 is 0. The molecule has 0 aromatic carbocycles. The molecule has 1 atom stereocenters. The lowest BCUT2D eigenvalue weighted by Crippen LogP contribution is -3.00. The van der Waals surface area contributed by atoms with E-state index in [9.17, 15) is 0 Å². The molecule has 1 unspecified atom stereocenters. The Balaban J connectivity index is -0.00000128. The Bertz CT molecular complexity index is 125. The quantitative estimate of drug-likeness (QED) is 0.461. The van der Waals surface area contributed by atoms with Crippen molar-refractivity contribution in [1.29, 1.82) is 0 Å². The van der Waals surface area contributed by atoms with Crippen molar-refractivity contribution in [1.82, 2.24) is 0 Å². The molecule has 0 aliphatic rings. The van der Waals surface area contributed by atoms with E-state index in [4.69, 9.17) is 0 Å². The third-order valence-electron chi connectivity index (χ3n) is 3.94. The van der Waals surface area contributed by atoms with E-state index < -0.39 is 7.26 Å². The molecule has 0 N–H and O–H groups in total. The first kappa shape index (κ1) is 25.3. The average Bonchev–Trinajstić information content (AvgIpc) is 2.37. The first-order chi connectivity index (χ1) is 8.24. The molecule has 120 valence electrons. The Morgan fingerprint density at radius 3 is 0.895 bits per heavy atom. The molecule has 0 aromatic rings. The van der Waals surface area contributed by atoms with Crippen LogP contribution in [0.5, 0.6) is 0 Å². The van der Waals surface area contributed by atoms with Gasteiger partial charge in [-0.25, -0.2) is 0 Å². The summed E-state index contributed by atoms with van der Waals surface area (Å²) in [5.41, 5.74) is 0. The molecule has 0 bridgehead atoms. The van der Waals surface area contributed by atoms with E-state index in [1.165, 1.54) is 51.4 Å². The van der Waals surface area contributed by atoms with Gasteiger partial charge in [-0.3, -0.25) is 0 Å². The third kappa shape index (κ3) is 12.8. The highest BCUT2D eigenvalue weighted by Gasteiger charge is 2.34. The van der Waals surface area contributed by atoms with E-state index in [1.807, 2.05) is 0 Å². The van der Waals surface area contributed by atoms with Crippen molar-refractivity contribution in [3.63, 3.8) is 0 Å². The van der Waals surface area contributed by atoms with Crippen molar-refractivity contribution < 1.29 is 17.0 Å². The highest BCUT2D eigenvalue weighted by atomic mass is 79.9. The largest absolute Gasteiger partial charge is 1.00 e. The Labute approximate surface area is 138 Å². The first-order valence-electron chi connectivity index (χ1n) is 8.09. The van der Waals surface area contributed by atoms with E-state index >= 15 is 0 Å². The summed E-state index contributed by atoms with van der Waals surface area (Å²) in [6.45, 7) is 9.42. The lowest BCUT2D eigenvalue weighted by atomic mass is 10.4. The van der Waals surface area contributed by atoms with Crippen molar-refractivity contribution in [2.45, 2.75) is 79.1 Å². The number of rotatable bonds is 12. The number of hydrogen-bond donors (Lipinski definition) is 0. The van der Waals surface area contributed by atoms with Gasteiger partial charge in [-0.2, -0.15) is 9.90 Å². The fourth-order valence-corrected chi connectivity index (χ4v) is 7.93. The maximum atomic E-state index is 2.36. The monoisotopic (exact) mass is 372 g/mol. The fourth-order valence-electron chi connectivity index (χ4n) is 2.64. The summed E-state index contributed by atoms with van der Waals surface area (Å²) in [6.07, 6.45) is 17.9. The van der Waals surface area contributed by atoms with Gasteiger partial charge in [0.1, 0.15) is 0 Å². The molecule has 0 saturated heterocycles. The second-order valence-electron chi connectivity index (χ2n) is 5.65. The van der Waals surface area contributed by atoms with E-state index in [1.54, 1.807) is 24.6 Å². The van der Waals surface area contributed by atoms with Crippen LogP contribution in [0, 0.1) is 0 Å². The van der Waals surface area contributed by atoms with Gasteiger partial charge >= 0.3 is 0 Å². The van der Waals surface area contributed by atoms with Crippen molar-refractivity contribution in [3.8, 4) is 0 Å². The summed E-state index contributed by atoms with van der Waals surface area (Å²) >= 11 is 0. The van der Waals surface area contributed by atoms with Crippen LogP contribution in [0.15, 0.2) is 0 Å². The van der Waals surface area contributed by atoms with E-state index in [0.717, 1.165) is 0 Å². The van der Waals surface area contributed by atoms with Crippen LogP contribution in [0.1, 0.15) is 79.1 Å². The van der Waals surface area contributed by atoms with Gasteiger partial charge < -0.3 is 17.0 Å². The molecule has 19 heavy (non-hydrogen) atoms. The van der Waals surface area contributed by atoms with Crippen LogP contribution >= 0.6 is 17.2 Å². The van der Waals surface area contributed by atoms with Gasteiger partial charge in [-0.1, -0.05) is 53.4 Å². The van der Waals surface area contributed by atoms with Crippen molar-refractivity contribution >= 4 is 17.2 Å². The van der Waals surface area contributed by atoms with Crippen molar-refractivity contribution in [3.05, 3.63) is 0 Å². The average molecular weight is 373 g/mol. The molecule has 0 fully saturated rings. The molecule has 0 radical (unpaired) electrons. The summed E-state index contributed by atoms with van der Waals surface area (Å²) in [4.78, 5) is 0. The molecule has 0 rings (SSSR count). The Morgan fingerprint density at radius 2 is 0.737 bits per heavy atom. The van der Waals surface area contributed by atoms with Gasteiger partial charge in [0.15, 0.2) is 0 Å². The molecule has 0 nitrogen and oxygen atoms in total. The van der Waals surface area contributed by atoms with Crippen LogP contribution < -0.4 is 17.0 Å². The molecule has 0 amide bonds. The SMILES string of the molecule is CCCC[P+](CCCC)(CCCC)CCCC.P.[Br-]. The lowest BCUT2D eigenvalue weighted by Gasteiger charge is -2.28. The molecule has 0 aliphatic heterocycles. The second-order valence-corrected chi connectivity index (χ2v) is 10.1. The first-order valence-corrected chi connectivity index (χ1v) is 10.6. The topological polar surface area (TPSA) is 0 Å². The van der Waals surface area contributed by atoms with Gasteiger partial charge in [0, 0.05) is 7.26 Å². The third-order valence-corrected chi connectivity index (χ3v) is 9.00. The second kappa shape index (κ2) is 17.4. The minimum atomic E-state index is -0.562. The number of unbranched alkanes of at least 4 members (excludes halogenated alkanes) is 4. The molecule has 3 heteroatoms. The maximum absolute atomic E-state index is 2.36. The minimum absolute atomic E-state index is 0.